The minimum atomic E-state index is -0.165. The van der Waals surface area contributed by atoms with Crippen LogP contribution < -0.4 is 4.90 Å². The summed E-state index contributed by atoms with van der Waals surface area (Å²) in [5.41, 5.74) is 3.31. The van der Waals surface area contributed by atoms with Gasteiger partial charge in [0.1, 0.15) is 0 Å². The van der Waals surface area contributed by atoms with Gasteiger partial charge in [-0.05, 0) is 75.6 Å². The summed E-state index contributed by atoms with van der Waals surface area (Å²) in [4.78, 5) is 31.9. The molecule has 2 aliphatic heterocycles. The molecule has 0 spiro atoms. The Bertz CT molecular complexity index is 1020. The van der Waals surface area contributed by atoms with Crippen LogP contribution in [0, 0.1) is 0 Å². The molecule has 2 aromatic carbocycles. The molecule has 2 heterocycles. The number of carbonyl (C=O) groups is 2. The van der Waals surface area contributed by atoms with Gasteiger partial charge in [-0.3, -0.25) is 4.79 Å². The van der Waals surface area contributed by atoms with Gasteiger partial charge >= 0.3 is 6.09 Å². The van der Waals surface area contributed by atoms with Crippen molar-refractivity contribution in [2.24, 2.45) is 0 Å². The first-order chi connectivity index (χ1) is 17.9. The third-order valence-electron chi connectivity index (χ3n) is 8.25. The lowest BCUT2D eigenvalue weighted by Gasteiger charge is -2.42. The van der Waals surface area contributed by atoms with E-state index in [1.165, 1.54) is 5.56 Å². The highest BCUT2D eigenvalue weighted by molar-refractivity contribution is 5.92. The lowest BCUT2D eigenvalue weighted by molar-refractivity contribution is -0.117. The molecule has 0 N–H and O–H groups in total. The van der Waals surface area contributed by atoms with E-state index >= 15 is 0 Å². The van der Waals surface area contributed by atoms with Gasteiger partial charge in [-0.2, -0.15) is 0 Å². The van der Waals surface area contributed by atoms with Crippen LogP contribution in [0.15, 0.2) is 54.6 Å². The number of amides is 2. The van der Waals surface area contributed by atoms with Gasteiger partial charge in [0.25, 0.3) is 0 Å². The van der Waals surface area contributed by atoms with Gasteiger partial charge in [-0.1, -0.05) is 49.4 Å². The first kappa shape index (κ1) is 27.2. The molecule has 0 saturated carbocycles. The molecule has 6 nitrogen and oxygen atoms in total. The Kier molecular flexibility index (Phi) is 9.25. The van der Waals surface area contributed by atoms with Crippen molar-refractivity contribution in [1.82, 2.24) is 9.80 Å². The third-order valence-corrected chi connectivity index (χ3v) is 8.25. The van der Waals surface area contributed by atoms with Gasteiger partial charge in [0.05, 0.1) is 6.61 Å². The lowest BCUT2D eigenvalue weighted by Crippen LogP contribution is -2.51. The molecule has 3 atom stereocenters. The second-order valence-electron chi connectivity index (χ2n) is 10.6. The maximum absolute atomic E-state index is 12.7. The summed E-state index contributed by atoms with van der Waals surface area (Å²) in [7, 11) is 0. The molecule has 2 fully saturated rings. The maximum atomic E-state index is 12.7. The topological polar surface area (TPSA) is 53.1 Å². The number of hydrogen-bond donors (Lipinski definition) is 0. The number of ether oxygens (including phenoxy) is 1. The Morgan fingerprint density at radius 2 is 1.59 bits per heavy atom. The zero-order valence-corrected chi connectivity index (χ0v) is 22.9. The highest BCUT2D eigenvalue weighted by Gasteiger charge is 2.38. The average molecular weight is 506 g/mol. The van der Waals surface area contributed by atoms with Crippen LogP contribution in [-0.4, -0.2) is 65.7 Å². The molecule has 0 aromatic heterocycles. The first-order valence-corrected chi connectivity index (χ1v) is 14.1. The van der Waals surface area contributed by atoms with Crippen LogP contribution in [0.5, 0.6) is 0 Å². The van der Waals surface area contributed by atoms with Crippen LogP contribution in [0.1, 0.15) is 66.2 Å². The van der Waals surface area contributed by atoms with E-state index in [-0.39, 0.29) is 30.1 Å². The summed E-state index contributed by atoms with van der Waals surface area (Å²) in [6.45, 7) is 10.3. The zero-order valence-electron chi connectivity index (χ0n) is 22.9. The Balaban J connectivity index is 1.38. The molecule has 6 heteroatoms. The van der Waals surface area contributed by atoms with Gasteiger partial charge < -0.3 is 19.4 Å². The van der Waals surface area contributed by atoms with Crippen LogP contribution in [-0.2, 0) is 9.53 Å². The van der Waals surface area contributed by atoms with Crippen molar-refractivity contribution in [3.05, 3.63) is 54.6 Å². The molecule has 3 unspecified atom stereocenters. The summed E-state index contributed by atoms with van der Waals surface area (Å²) < 4.78 is 5.36. The number of piperidine rings is 1. The van der Waals surface area contributed by atoms with E-state index < -0.39 is 0 Å². The largest absolute Gasteiger partial charge is 0.450 e. The summed E-state index contributed by atoms with van der Waals surface area (Å²) >= 11 is 0. The molecule has 2 saturated heterocycles. The molecular formula is C31H43N3O3. The Hall–Kier alpha value is -2.86. The summed E-state index contributed by atoms with van der Waals surface area (Å²) in [5.74, 6) is 0.1000. The van der Waals surface area contributed by atoms with Gasteiger partial charge in [0.2, 0.25) is 5.91 Å². The van der Waals surface area contributed by atoms with Crippen molar-refractivity contribution in [2.75, 3.05) is 24.6 Å². The number of likely N-dealkylation sites (tertiary alicyclic amines) is 2. The molecule has 2 aromatic rings. The van der Waals surface area contributed by atoms with E-state index in [0.29, 0.717) is 12.6 Å². The van der Waals surface area contributed by atoms with Crippen molar-refractivity contribution in [3.8, 4) is 11.1 Å². The quantitative estimate of drug-likeness (QED) is 0.420. The molecule has 2 amide bonds. The monoisotopic (exact) mass is 505 g/mol. The number of hydrogen-bond acceptors (Lipinski definition) is 4. The standard InChI is InChI=1S/C31H43N3O3/c1-5-27(22-30-15-12-23(3)33(30)31(36)37-6-2)32-20-18-29(19-21-32)34(24(4)35)28-16-13-26(14-17-28)25-10-8-7-9-11-25/h7-11,13-14,16-17,23,27,29-30H,5-6,12,15,18-22H2,1-4H3. The van der Waals surface area contributed by atoms with Crippen molar-refractivity contribution in [2.45, 2.75) is 90.4 Å². The van der Waals surface area contributed by atoms with Crippen LogP contribution in [0.4, 0.5) is 10.5 Å². The third kappa shape index (κ3) is 6.35. The van der Waals surface area contributed by atoms with Gasteiger partial charge in [-0.25, -0.2) is 4.79 Å². The SMILES string of the molecule is CCOC(=O)N1C(C)CCC1CC(CC)N1CCC(N(C(C)=O)c2ccc(-c3ccccc3)cc2)CC1. The van der Waals surface area contributed by atoms with Crippen molar-refractivity contribution in [3.63, 3.8) is 0 Å². The number of carbonyl (C=O) groups excluding carboxylic acids is 2. The molecule has 4 rings (SSSR count). The van der Waals surface area contributed by atoms with E-state index in [9.17, 15) is 9.59 Å². The number of rotatable bonds is 8. The van der Waals surface area contributed by atoms with Crippen molar-refractivity contribution < 1.29 is 14.3 Å². The Morgan fingerprint density at radius 3 is 2.19 bits per heavy atom. The molecule has 0 bridgehead atoms. The average Bonchev–Trinajstić information content (AvgIpc) is 3.28. The summed E-state index contributed by atoms with van der Waals surface area (Å²) in [6, 6.07) is 19.8. The second kappa shape index (κ2) is 12.6. The highest BCUT2D eigenvalue weighted by atomic mass is 16.6. The molecule has 0 aliphatic carbocycles. The zero-order chi connectivity index (χ0) is 26.4. The van der Waals surface area contributed by atoms with Crippen LogP contribution >= 0.6 is 0 Å². The van der Waals surface area contributed by atoms with E-state index in [0.717, 1.165) is 62.9 Å². The normalized spacial score (nSPS) is 21.6. The molecule has 37 heavy (non-hydrogen) atoms. The van der Waals surface area contributed by atoms with Crippen molar-refractivity contribution >= 4 is 17.7 Å². The van der Waals surface area contributed by atoms with Gasteiger partial charge in [0.15, 0.2) is 0 Å². The Morgan fingerprint density at radius 1 is 0.946 bits per heavy atom. The smallest absolute Gasteiger partial charge is 0.410 e. The van der Waals surface area contributed by atoms with Crippen LogP contribution in [0.3, 0.4) is 0 Å². The fraction of sp³-hybridized carbons (Fsp3) is 0.548. The minimum Gasteiger partial charge on any atom is -0.450 e. The fourth-order valence-electron chi connectivity index (χ4n) is 6.32. The van der Waals surface area contributed by atoms with Gasteiger partial charge in [-0.15, -0.1) is 0 Å². The predicted molar refractivity (Wildman–Crippen MR) is 150 cm³/mol. The van der Waals surface area contributed by atoms with Gasteiger partial charge in [0, 0.05) is 49.9 Å². The van der Waals surface area contributed by atoms with E-state index in [2.05, 4.69) is 55.1 Å². The highest BCUT2D eigenvalue weighted by Crippen LogP contribution is 2.32. The number of benzene rings is 2. The summed E-state index contributed by atoms with van der Waals surface area (Å²) in [5, 5.41) is 0. The van der Waals surface area contributed by atoms with E-state index in [4.69, 9.17) is 4.74 Å². The first-order valence-electron chi connectivity index (χ1n) is 14.1. The Labute approximate surface area is 222 Å². The van der Waals surface area contributed by atoms with E-state index in [1.807, 2.05) is 34.9 Å². The number of nitrogens with zero attached hydrogens (tertiary/aromatic N) is 3. The van der Waals surface area contributed by atoms with E-state index in [1.54, 1.807) is 6.92 Å². The lowest BCUT2D eigenvalue weighted by atomic mass is 9.96. The molecule has 0 radical (unpaired) electrons. The second-order valence-corrected chi connectivity index (χ2v) is 10.6. The summed E-state index contributed by atoms with van der Waals surface area (Å²) in [6.07, 6.45) is 5.88. The maximum Gasteiger partial charge on any atom is 0.410 e. The molecule has 200 valence electrons. The minimum absolute atomic E-state index is 0.1000. The molecule has 2 aliphatic rings. The van der Waals surface area contributed by atoms with Crippen LogP contribution in [0.2, 0.25) is 0 Å². The number of anilines is 1. The molecular weight excluding hydrogens is 462 g/mol. The van der Waals surface area contributed by atoms with Crippen molar-refractivity contribution in [1.29, 1.82) is 0 Å². The predicted octanol–water partition coefficient (Wildman–Crippen LogP) is 6.35. The van der Waals surface area contributed by atoms with Crippen LogP contribution in [0.25, 0.3) is 11.1 Å². The fourth-order valence-corrected chi connectivity index (χ4v) is 6.32.